The van der Waals surface area contributed by atoms with Crippen LogP contribution in [0.15, 0.2) is 132 Å². The van der Waals surface area contributed by atoms with Crippen LogP contribution in [-0.4, -0.2) is 22.4 Å². The third-order valence-corrected chi connectivity index (χ3v) is 9.74. The third kappa shape index (κ3) is 13.3. The van der Waals surface area contributed by atoms with Gasteiger partial charge in [-0.25, -0.2) is 13.2 Å². The Labute approximate surface area is 384 Å². The van der Waals surface area contributed by atoms with Gasteiger partial charge in [0.2, 0.25) is 0 Å². The first-order valence-electron chi connectivity index (χ1n) is 15.3. The van der Waals surface area contributed by atoms with E-state index >= 15 is 0 Å². The van der Waals surface area contributed by atoms with Crippen LogP contribution in [0.3, 0.4) is 0 Å². The number of rotatable bonds is 4. The SMILES string of the molecule is CC#N.Fc1c(I)c(F)c(I)c(F)c1I.[Fe+3].[I-].[O-]c1ccccc1C=Nc1cccc2cccnc12.[O-]c1ccccc1C=Nc1cccc2cccnc12. The first-order chi connectivity index (χ1) is 25.6. The summed E-state index contributed by atoms with van der Waals surface area (Å²) in [5.41, 5.74) is 4.36. The number of nitriles is 1. The summed E-state index contributed by atoms with van der Waals surface area (Å²) in [6, 6.07) is 34.8. The molecule has 0 aliphatic carbocycles. The minimum Gasteiger partial charge on any atom is -1.00 e. The number of benzene rings is 5. The standard InChI is InChI=1S/2C16H12N2O.C6F3I3.C2H3N.Fe.HI/c2*19-15-9-2-1-5-13(15)11-18-14-8-3-6-12-7-4-10-17-16(12)14;7-1-4(10)2(8)6(12)3(9)5(1)11;1-2-3;;/h2*1-11,19H;;1H3;;1H/q;;;;+3;/p-3. The molecule has 55 heavy (non-hydrogen) atoms. The number of hydrogen-bond donors (Lipinski definition) is 0. The summed E-state index contributed by atoms with van der Waals surface area (Å²) in [6.07, 6.45) is 6.66. The third-order valence-electron chi connectivity index (χ3n) is 6.90. The maximum atomic E-state index is 12.9. The Balaban J connectivity index is 0.000000277. The Hall–Kier alpha value is -3.42. The minimum absolute atomic E-state index is 0. The molecule has 0 unspecified atom stereocenters. The van der Waals surface area contributed by atoms with Gasteiger partial charge in [0.15, 0.2) is 17.5 Å². The molecule has 2 heterocycles. The van der Waals surface area contributed by atoms with Crippen molar-refractivity contribution in [1.29, 1.82) is 5.26 Å². The molecule has 0 saturated heterocycles. The van der Waals surface area contributed by atoms with Gasteiger partial charge in [-0.3, -0.25) is 20.0 Å². The monoisotopic (exact) mass is 1230 g/mol. The molecule has 0 spiro atoms. The number of aromatic nitrogens is 2. The van der Waals surface area contributed by atoms with Crippen LogP contribution in [0.25, 0.3) is 21.8 Å². The fourth-order valence-corrected chi connectivity index (χ4v) is 7.58. The van der Waals surface area contributed by atoms with Crippen LogP contribution in [-0.2, 0) is 17.1 Å². The molecular weight excluding hydrogens is 1200 g/mol. The van der Waals surface area contributed by atoms with Crippen LogP contribution in [0.4, 0.5) is 24.5 Å². The second kappa shape index (κ2) is 24.3. The average molecular weight is 1230 g/mol. The van der Waals surface area contributed by atoms with E-state index in [9.17, 15) is 23.4 Å². The molecule has 15 heteroatoms. The van der Waals surface area contributed by atoms with E-state index < -0.39 is 17.5 Å². The maximum absolute atomic E-state index is 12.9. The van der Waals surface area contributed by atoms with Crippen LogP contribution in [0.5, 0.6) is 11.5 Å². The number of aliphatic imine (C=N–C) groups is 2. The Kier molecular flexibility index (Phi) is 21.1. The molecular formula is C40H25F3FeI4N5O2. The Morgan fingerprint density at radius 1 is 0.582 bits per heavy atom. The summed E-state index contributed by atoms with van der Waals surface area (Å²) in [5, 5.41) is 32.6. The van der Waals surface area contributed by atoms with E-state index in [0.717, 1.165) is 33.2 Å². The number of pyridine rings is 2. The van der Waals surface area contributed by atoms with Gasteiger partial charge in [-0.2, -0.15) is 5.26 Å². The summed E-state index contributed by atoms with van der Waals surface area (Å²) >= 11 is 4.53. The van der Waals surface area contributed by atoms with E-state index in [1.807, 2.05) is 72.8 Å². The summed E-state index contributed by atoms with van der Waals surface area (Å²) in [6.45, 7) is 1.43. The second-order valence-corrected chi connectivity index (χ2v) is 13.6. The average Bonchev–Trinajstić information content (AvgIpc) is 3.19. The van der Waals surface area contributed by atoms with E-state index in [0.29, 0.717) is 11.1 Å². The quantitative estimate of drug-likeness (QED) is 0.0593. The number of nitrogens with zero attached hydrogens (tertiary/aromatic N) is 5. The van der Waals surface area contributed by atoms with E-state index in [4.69, 9.17) is 5.26 Å². The van der Waals surface area contributed by atoms with Gasteiger partial charge in [-0.05, 0) is 103 Å². The summed E-state index contributed by atoms with van der Waals surface area (Å²) in [5.74, 6) is -2.54. The molecule has 5 aromatic carbocycles. The topological polar surface area (TPSA) is 120 Å². The Bertz CT molecular complexity index is 2220. The predicted octanol–water partition coefficient (Wildman–Crippen LogP) is 7.57. The first-order valence-corrected chi connectivity index (χ1v) is 18.6. The molecule has 1 radical (unpaired) electrons. The van der Waals surface area contributed by atoms with E-state index in [2.05, 4.69) is 20.0 Å². The van der Waals surface area contributed by atoms with Crippen molar-refractivity contribution in [3.05, 3.63) is 161 Å². The number of halogens is 7. The maximum Gasteiger partial charge on any atom is 3.00 e. The zero-order valence-corrected chi connectivity index (χ0v) is 38.0. The van der Waals surface area contributed by atoms with Crippen LogP contribution in [0.2, 0.25) is 0 Å². The van der Waals surface area contributed by atoms with Crippen LogP contribution < -0.4 is 34.2 Å². The van der Waals surface area contributed by atoms with Crippen molar-refractivity contribution in [2.24, 2.45) is 9.98 Å². The number of fused-ring (bicyclic) bond motifs is 2. The van der Waals surface area contributed by atoms with Gasteiger partial charge in [0.05, 0.1) is 39.2 Å². The number of hydrogen-bond acceptors (Lipinski definition) is 7. The van der Waals surface area contributed by atoms with E-state index in [1.54, 1.807) is 55.2 Å². The van der Waals surface area contributed by atoms with Crippen molar-refractivity contribution in [2.45, 2.75) is 6.92 Å². The molecule has 279 valence electrons. The van der Waals surface area contributed by atoms with Gasteiger partial charge in [-0.15, -0.1) is 11.5 Å². The van der Waals surface area contributed by atoms with Crippen LogP contribution in [0, 0.1) is 39.5 Å². The second-order valence-electron chi connectivity index (χ2n) is 10.4. The van der Waals surface area contributed by atoms with Crippen molar-refractivity contribution in [3.63, 3.8) is 0 Å². The van der Waals surface area contributed by atoms with Crippen molar-refractivity contribution in [3.8, 4) is 17.6 Å². The fourth-order valence-electron chi connectivity index (χ4n) is 4.42. The van der Waals surface area contributed by atoms with Gasteiger partial charge in [0, 0.05) is 42.5 Å². The molecule has 2 aromatic heterocycles. The van der Waals surface area contributed by atoms with Gasteiger partial charge in [0.1, 0.15) is 0 Å². The normalized spacial score (nSPS) is 10.1. The Morgan fingerprint density at radius 3 is 1.25 bits per heavy atom. The molecule has 7 nitrogen and oxygen atoms in total. The predicted molar refractivity (Wildman–Crippen MR) is 226 cm³/mol. The molecule has 7 aromatic rings. The van der Waals surface area contributed by atoms with E-state index in [-0.39, 0.29) is 63.3 Å². The minimum atomic E-state index is -0.827. The summed E-state index contributed by atoms with van der Waals surface area (Å²) in [4.78, 5) is 17.4. The number of para-hydroxylation sites is 4. The van der Waals surface area contributed by atoms with Crippen LogP contribution in [0.1, 0.15) is 18.1 Å². The molecule has 0 atom stereocenters. The smallest absolute Gasteiger partial charge is 1.00 e. The first kappa shape index (κ1) is 47.7. The fraction of sp³-hybridized carbons (Fsp3) is 0.0250. The molecule has 0 aliphatic heterocycles. The zero-order valence-electron chi connectivity index (χ0n) is 28.3. The van der Waals surface area contributed by atoms with Crippen molar-refractivity contribution >= 4 is 113 Å². The molecule has 0 bridgehead atoms. The largest absolute Gasteiger partial charge is 3.00 e. The molecule has 7 rings (SSSR count). The van der Waals surface area contributed by atoms with E-state index in [1.165, 1.54) is 86.8 Å². The summed E-state index contributed by atoms with van der Waals surface area (Å²) < 4.78 is 38.3. The Morgan fingerprint density at radius 2 is 0.909 bits per heavy atom. The molecule has 0 N–H and O–H groups in total. The van der Waals surface area contributed by atoms with Crippen LogP contribution >= 0.6 is 67.8 Å². The molecule has 0 saturated carbocycles. The van der Waals surface area contributed by atoms with Gasteiger partial charge in [-0.1, -0.05) is 84.9 Å². The van der Waals surface area contributed by atoms with Crippen molar-refractivity contribution in [1.82, 2.24) is 9.97 Å². The molecule has 0 amide bonds. The molecule has 0 fully saturated rings. The van der Waals surface area contributed by atoms with Crippen molar-refractivity contribution in [2.75, 3.05) is 0 Å². The van der Waals surface area contributed by atoms with Crippen molar-refractivity contribution < 1.29 is 64.4 Å². The van der Waals surface area contributed by atoms with Gasteiger partial charge < -0.3 is 34.2 Å². The summed E-state index contributed by atoms with van der Waals surface area (Å²) in [7, 11) is 0. The zero-order chi connectivity index (χ0) is 38.3. The molecule has 0 aliphatic rings. The van der Waals surface area contributed by atoms with Gasteiger partial charge in [0.25, 0.3) is 0 Å². The van der Waals surface area contributed by atoms with Gasteiger partial charge >= 0.3 is 17.1 Å².